The third-order valence-corrected chi connectivity index (χ3v) is 1.52. The molecule has 0 radical (unpaired) electrons. The molecule has 0 bridgehead atoms. The zero-order valence-corrected chi connectivity index (χ0v) is 4.64. The second kappa shape index (κ2) is 1.22. The quantitative estimate of drug-likeness (QED) is 0.398. The maximum absolute atomic E-state index is 10.4. The van der Waals surface area contributed by atoms with Gasteiger partial charge in [-0.15, -0.1) is 0 Å². The average molecular weight is 99.1 g/mol. The van der Waals surface area contributed by atoms with E-state index in [-0.39, 0.29) is 5.91 Å². The number of β-lactam (4-membered cyclic amide) rings is 1. The summed E-state index contributed by atoms with van der Waals surface area (Å²) in [7, 11) is 1.83. The predicted molar refractivity (Wildman–Crippen MR) is 26.8 cm³/mol. The molecule has 1 fully saturated rings. The van der Waals surface area contributed by atoms with Crippen molar-refractivity contribution in [3.8, 4) is 0 Å². The first-order valence-corrected chi connectivity index (χ1v) is 2.47. The van der Waals surface area contributed by atoms with E-state index in [1.54, 1.807) is 4.90 Å². The Kier molecular flexibility index (Phi) is 0.805. The summed E-state index contributed by atoms with van der Waals surface area (Å²) in [6.07, 6.45) is 0.747. The molecular formula is C5H9NO. The van der Waals surface area contributed by atoms with E-state index >= 15 is 0 Å². The van der Waals surface area contributed by atoms with Crippen molar-refractivity contribution in [1.29, 1.82) is 0 Å². The molecule has 40 valence electrons. The van der Waals surface area contributed by atoms with E-state index in [1.807, 2.05) is 14.0 Å². The number of carbonyl (C=O) groups is 1. The number of amides is 1. The van der Waals surface area contributed by atoms with Crippen molar-refractivity contribution in [2.45, 2.75) is 19.4 Å². The average Bonchev–Trinajstić information content (AvgIpc) is 1.68. The number of hydrogen-bond acceptors (Lipinski definition) is 1. The highest BCUT2D eigenvalue weighted by atomic mass is 16.2. The molecule has 1 atom stereocenters. The van der Waals surface area contributed by atoms with E-state index in [0.717, 1.165) is 6.42 Å². The Morgan fingerprint density at radius 1 is 1.86 bits per heavy atom. The van der Waals surface area contributed by atoms with Gasteiger partial charge in [0.1, 0.15) is 0 Å². The fraction of sp³-hybridized carbons (Fsp3) is 0.800. The van der Waals surface area contributed by atoms with Gasteiger partial charge >= 0.3 is 0 Å². The molecule has 0 aliphatic carbocycles. The minimum absolute atomic E-state index is 0.271. The molecular weight excluding hydrogens is 90.1 g/mol. The topological polar surface area (TPSA) is 20.3 Å². The van der Waals surface area contributed by atoms with Crippen LogP contribution >= 0.6 is 0 Å². The molecule has 2 nitrogen and oxygen atoms in total. The van der Waals surface area contributed by atoms with Gasteiger partial charge in [-0.05, 0) is 6.92 Å². The van der Waals surface area contributed by atoms with Crippen LogP contribution in [0.1, 0.15) is 13.3 Å². The number of likely N-dealkylation sites (tertiary alicyclic amines) is 1. The summed E-state index contributed by atoms with van der Waals surface area (Å²) in [6, 6.07) is 0.493. The van der Waals surface area contributed by atoms with Crippen molar-refractivity contribution >= 4 is 5.91 Å². The van der Waals surface area contributed by atoms with Crippen LogP contribution < -0.4 is 0 Å². The lowest BCUT2D eigenvalue weighted by molar-refractivity contribution is -0.142. The van der Waals surface area contributed by atoms with Gasteiger partial charge in [0.05, 0.1) is 0 Å². The summed E-state index contributed by atoms with van der Waals surface area (Å²) in [4.78, 5) is 12.1. The Hall–Kier alpha value is -0.530. The highest BCUT2D eigenvalue weighted by Gasteiger charge is 2.27. The molecule has 0 spiro atoms. The molecule has 0 N–H and O–H groups in total. The molecule has 0 unspecified atom stereocenters. The first kappa shape index (κ1) is 4.62. The molecule has 0 saturated carbocycles. The van der Waals surface area contributed by atoms with Gasteiger partial charge in [0.15, 0.2) is 0 Å². The van der Waals surface area contributed by atoms with E-state index in [2.05, 4.69) is 0 Å². The lowest BCUT2D eigenvalue weighted by atomic mass is 10.1. The van der Waals surface area contributed by atoms with Crippen LogP contribution in [0.2, 0.25) is 0 Å². The summed E-state index contributed by atoms with van der Waals surface area (Å²) >= 11 is 0. The zero-order valence-electron chi connectivity index (χ0n) is 4.64. The van der Waals surface area contributed by atoms with E-state index in [0.29, 0.717) is 6.04 Å². The summed E-state index contributed by atoms with van der Waals surface area (Å²) in [5.74, 6) is 0.271. The lowest BCUT2D eigenvalue weighted by Gasteiger charge is -2.34. The van der Waals surface area contributed by atoms with Crippen molar-refractivity contribution < 1.29 is 4.79 Å². The Balaban J connectivity index is 2.43. The normalized spacial score (nSPS) is 30.3. The largest absolute Gasteiger partial charge is 0.342 e. The van der Waals surface area contributed by atoms with Crippen LogP contribution in [0.15, 0.2) is 0 Å². The minimum Gasteiger partial charge on any atom is -0.342 e. The fourth-order valence-corrected chi connectivity index (χ4v) is 0.667. The predicted octanol–water partition coefficient (Wildman–Crippen LogP) is 0.237. The maximum atomic E-state index is 10.4. The third-order valence-electron chi connectivity index (χ3n) is 1.52. The number of nitrogens with zero attached hydrogens (tertiary/aromatic N) is 1. The van der Waals surface area contributed by atoms with Gasteiger partial charge in [-0.1, -0.05) is 0 Å². The maximum Gasteiger partial charge on any atom is 0.224 e. The van der Waals surface area contributed by atoms with Gasteiger partial charge in [0.2, 0.25) is 5.91 Å². The van der Waals surface area contributed by atoms with Gasteiger partial charge in [-0.25, -0.2) is 0 Å². The Morgan fingerprint density at radius 3 is 2.43 bits per heavy atom. The molecule has 1 heterocycles. The van der Waals surface area contributed by atoms with Crippen LogP contribution in [-0.4, -0.2) is 23.9 Å². The molecule has 1 aliphatic heterocycles. The summed E-state index contributed by atoms with van der Waals surface area (Å²) in [5, 5.41) is 0. The molecule has 1 aliphatic rings. The lowest BCUT2D eigenvalue weighted by Crippen LogP contribution is -2.47. The Labute approximate surface area is 43.1 Å². The van der Waals surface area contributed by atoms with Crippen LogP contribution in [0.3, 0.4) is 0 Å². The van der Waals surface area contributed by atoms with Crippen LogP contribution in [0.4, 0.5) is 0 Å². The SMILES string of the molecule is C[C@@H]1CC(=O)N1C. The molecule has 1 saturated heterocycles. The highest BCUT2D eigenvalue weighted by molar-refractivity contribution is 5.82. The van der Waals surface area contributed by atoms with Gasteiger partial charge in [0, 0.05) is 19.5 Å². The van der Waals surface area contributed by atoms with E-state index < -0.39 is 0 Å². The second-order valence-electron chi connectivity index (χ2n) is 2.06. The van der Waals surface area contributed by atoms with Gasteiger partial charge < -0.3 is 4.90 Å². The molecule has 1 rings (SSSR count). The van der Waals surface area contributed by atoms with Crippen molar-refractivity contribution in [1.82, 2.24) is 4.90 Å². The van der Waals surface area contributed by atoms with Gasteiger partial charge in [-0.3, -0.25) is 4.79 Å². The van der Waals surface area contributed by atoms with Crippen molar-refractivity contribution in [3.05, 3.63) is 0 Å². The van der Waals surface area contributed by atoms with Crippen LogP contribution in [0.25, 0.3) is 0 Å². The molecule has 0 aromatic rings. The Morgan fingerprint density at radius 2 is 2.43 bits per heavy atom. The van der Waals surface area contributed by atoms with Crippen LogP contribution in [0, 0.1) is 0 Å². The smallest absolute Gasteiger partial charge is 0.224 e. The third kappa shape index (κ3) is 0.501. The fourth-order valence-electron chi connectivity index (χ4n) is 0.667. The standard InChI is InChI=1S/C5H9NO/c1-4-3-5(7)6(4)2/h4H,3H2,1-2H3/t4-/m1/s1. The zero-order chi connectivity index (χ0) is 5.44. The van der Waals surface area contributed by atoms with Gasteiger partial charge in [0.25, 0.3) is 0 Å². The summed E-state index contributed by atoms with van der Waals surface area (Å²) in [5.41, 5.74) is 0. The van der Waals surface area contributed by atoms with Crippen molar-refractivity contribution in [3.63, 3.8) is 0 Å². The minimum atomic E-state index is 0.271. The molecule has 0 aromatic heterocycles. The molecule has 1 amide bonds. The van der Waals surface area contributed by atoms with E-state index in [4.69, 9.17) is 0 Å². The van der Waals surface area contributed by atoms with Crippen molar-refractivity contribution in [2.24, 2.45) is 0 Å². The molecule has 7 heavy (non-hydrogen) atoms. The first-order chi connectivity index (χ1) is 3.22. The van der Waals surface area contributed by atoms with Crippen LogP contribution in [-0.2, 0) is 4.79 Å². The highest BCUT2D eigenvalue weighted by Crippen LogP contribution is 2.13. The number of rotatable bonds is 0. The van der Waals surface area contributed by atoms with Crippen molar-refractivity contribution in [2.75, 3.05) is 7.05 Å². The summed E-state index contributed by atoms with van der Waals surface area (Å²) in [6.45, 7) is 2.04. The second-order valence-corrected chi connectivity index (χ2v) is 2.06. The number of carbonyl (C=O) groups excluding carboxylic acids is 1. The van der Waals surface area contributed by atoms with Gasteiger partial charge in [-0.2, -0.15) is 0 Å². The van der Waals surface area contributed by atoms with Crippen LogP contribution in [0.5, 0.6) is 0 Å². The molecule has 2 heteroatoms. The molecule has 0 aromatic carbocycles. The van der Waals surface area contributed by atoms with E-state index in [1.165, 1.54) is 0 Å². The van der Waals surface area contributed by atoms with E-state index in [9.17, 15) is 4.79 Å². The number of hydrogen-bond donors (Lipinski definition) is 0. The Bertz CT molecular complexity index is 100. The first-order valence-electron chi connectivity index (χ1n) is 2.47. The monoisotopic (exact) mass is 99.1 g/mol. The summed E-state index contributed by atoms with van der Waals surface area (Å²) < 4.78 is 0.